The maximum atomic E-state index is 12.7. The van der Waals surface area contributed by atoms with Gasteiger partial charge in [-0.3, -0.25) is 4.98 Å². The van der Waals surface area contributed by atoms with Gasteiger partial charge in [-0.1, -0.05) is 45.0 Å². The predicted molar refractivity (Wildman–Crippen MR) is 134 cm³/mol. The number of benzene rings is 1. The van der Waals surface area contributed by atoms with Gasteiger partial charge in [-0.2, -0.15) is 0 Å². The van der Waals surface area contributed by atoms with Gasteiger partial charge in [-0.05, 0) is 50.8 Å². The van der Waals surface area contributed by atoms with E-state index in [9.17, 15) is 9.90 Å². The van der Waals surface area contributed by atoms with Gasteiger partial charge in [0.1, 0.15) is 17.0 Å². The number of hydrogen-bond donors (Lipinski definition) is 1. The van der Waals surface area contributed by atoms with Crippen LogP contribution in [0, 0.1) is 12.3 Å². The van der Waals surface area contributed by atoms with Crippen molar-refractivity contribution in [3.8, 4) is 11.5 Å². The van der Waals surface area contributed by atoms with E-state index in [0.717, 1.165) is 5.56 Å². The third-order valence-corrected chi connectivity index (χ3v) is 6.62. The summed E-state index contributed by atoms with van der Waals surface area (Å²) in [6.45, 7) is 14.3. The number of pyridine rings is 1. The Bertz CT molecular complexity index is 1200. The fraction of sp³-hybridized carbons (Fsp3) is 0.464. The molecule has 4 rings (SSSR count). The van der Waals surface area contributed by atoms with E-state index in [4.69, 9.17) is 9.15 Å². The lowest BCUT2D eigenvalue weighted by molar-refractivity contribution is -0.131. The zero-order valence-electron chi connectivity index (χ0n) is 21.6. The summed E-state index contributed by atoms with van der Waals surface area (Å²) in [7, 11) is 0. The number of ether oxygens (including phenoxy) is 1. The van der Waals surface area contributed by atoms with E-state index in [2.05, 4.69) is 23.8 Å². The molecule has 2 aromatic heterocycles. The molecule has 1 saturated heterocycles. The molecule has 0 spiro atoms. The number of aliphatic hydroxyl groups is 1. The second kappa shape index (κ2) is 8.79. The normalized spacial score (nSPS) is 17.1. The summed E-state index contributed by atoms with van der Waals surface area (Å²) in [6, 6.07) is 9.91. The van der Waals surface area contributed by atoms with Gasteiger partial charge in [-0.25, -0.2) is 9.78 Å². The molecule has 1 amide bonds. The van der Waals surface area contributed by atoms with Crippen molar-refractivity contribution < 1.29 is 19.1 Å². The number of rotatable bonds is 5. The first-order valence-electron chi connectivity index (χ1n) is 12.0. The Balaban J connectivity index is 1.75. The number of nitrogens with zero attached hydrogens (tertiary/aromatic N) is 3. The number of carbonyl (C=O) groups is 1. The molecule has 7 nitrogen and oxygen atoms in total. The van der Waals surface area contributed by atoms with Crippen LogP contribution in [0.2, 0.25) is 0 Å². The molecule has 0 saturated carbocycles. The number of likely N-dealkylation sites (tertiary alicyclic amines) is 1. The van der Waals surface area contributed by atoms with Crippen LogP contribution in [-0.2, 0) is 10.3 Å². The topological polar surface area (TPSA) is 88.7 Å². The number of aryl methyl sites for hydroxylation is 1. The Morgan fingerprint density at radius 3 is 2.31 bits per heavy atom. The third kappa shape index (κ3) is 4.69. The standard InChI is InChI=1S/C28H35N3O4/c1-18(2)20-8-10-22(11-9-20)28(33,27(7)16-31(17-27)25(32)35-26(4,5)6)23-12-21(14-29-15-23)24-30-13-19(3)34-24/h8-15,18,33H,16-17H2,1-7H3. The van der Waals surface area contributed by atoms with Crippen molar-refractivity contribution in [2.24, 2.45) is 5.41 Å². The van der Waals surface area contributed by atoms with Gasteiger partial charge in [0.2, 0.25) is 5.89 Å². The van der Waals surface area contributed by atoms with Crippen LogP contribution in [0.25, 0.3) is 11.5 Å². The van der Waals surface area contributed by atoms with Crippen molar-refractivity contribution >= 4 is 6.09 Å². The van der Waals surface area contributed by atoms with E-state index >= 15 is 0 Å². The minimum atomic E-state index is -1.41. The summed E-state index contributed by atoms with van der Waals surface area (Å²) in [5.41, 5.74) is 0.567. The van der Waals surface area contributed by atoms with E-state index in [1.165, 1.54) is 5.56 Å². The van der Waals surface area contributed by atoms with Gasteiger partial charge in [-0.15, -0.1) is 0 Å². The molecule has 35 heavy (non-hydrogen) atoms. The van der Waals surface area contributed by atoms with E-state index in [-0.39, 0.29) is 6.09 Å². The highest BCUT2D eigenvalue weighted by Gasteiger charge is 2.58. The maximum Gasteiger partial charge on any atom is 0.410 e. The Kier molecular flexibility index (Phi) is 6.26. The molecule has 1 unspecified atom stereocenters. The predicted octanol–water partition coefficient (Wildman–Crippen LogP) is 5.66. The van der Waals surface area contributed by atoms with Crippen LogP contribution in [0.5, 0.6) is 0 Å². The quantitative estimate of drug-likeness (QED) is 0.510. The van der Waals surface area contributed by atoms with Crippen LogP contribution in [0.1, 0.15) is 69.9 Å². The van der Waals surface area contributed by atoms with Crippen molar-refractivity contribution in [1.82, 2.24) is 14.9 Å². The van der Waals surface area contributed by atoms with Crippen LogP contribution in [0.3, 0.4) is 0 Å². The Morgan fingerprint density at radius 2 is 1.77 bits per heavy atom. The van der Waals surface area contributed by atoms with Gasteiger partial charge in [0, 0.05) is 36.5 Å². The molecular formula is C28H35N3O4. The van der Waals surface area contributed by atoms with Gasteiger partial charge in [0.05, 0.1) is 11.8 Å². The molecule has 3 aromatic rings. The lowest BCUT2D eigenvalue weighted by atomic mass is 9.62. The largest absolute Gasteiger partial charge is 0.444 e. The number of hydrogen-bond acceptors (Lipinski definition) is 6. The Hall–Kier alpha value is -3.19. The number of aromatic nitrogens is 2. The summed E-state index contributed by atoms with van der Waals surface area (Å²) in [4.78, 5) is 23.0. The zero-order valence-corrected chi connectivity index (χ0v) is 21.6. The van der Waals surface area contributed by atoms with Crippen molar-refractivity contribution in [1.29, 1.82) is 0 Å². The fourth-order valence-corrected chi connectivity index (χ4v) is 4.70. The van der Waals surface area contributed by atoms with Crippen LogP contribution in [0.15, 0.2) is 53.3 Å². The summed E-state index contributed by atoms with van der Waals surface area (Å²) >= 11 is 0. The van der Waals surface area contributed by atoms with Crippen molar-refractivity contribution in [3.05, 3.63) is 71.4 Å². The smallest absolute Gasteiger partial charge is 0.410 e. The molecule has 3 heterocycles. The van der Waals surface area contributed by atoms with Gasteiger partial charge in [0.15, 0.2) is 0 Å². The zero-order chi connectivity index (χ0) is 25.6. The second-order valence-corrected chi connectivity index (χ2v) is 11.1. The minimum absolute atomic E-state index is 0.340. The Morgan fingerprint density at radius 1 is 1.11 bits per heavy atom. The molecule has 0 bridgehead atoms. The van der Waals surface area contributed by atoms with Crippen molar-refractivity contribution in [2.75, 3.05) is 13.1 Å². The van der Waals surface area contributed by atoms with Crippen LogP contribution in [0.4, 0.5) is 4.79 Å². The lowest BCUT2D eigenvalue weighted by Crippen LogP contribution is -2.66. The summed E-state index contributed by atoms with van der Waals surface area (Å²) < 4.78 is 11.3. The van der Waals surface area contributed by atoms with Crippen LogP contribution >= 0.6 is 0 Å². The molecule has 1 aliphatic heterocycles. The van der Waals surface area contributed by atoms with Crippen molar-refractivity contribution in [2.45, 2.75) is 65.6 Å². The van der Waals surface area contributed by atoms with Gasteiger partial charge < -0.3 is 19.2 Å². The molecule has 0 aliphatic carbocycles. The highest BCUT2D eigenvalue weighted by molar-refractivity contribution is 5.70. The average molecular weight is 478 g/mol. The van der Waals surface area contributed by atoms with Gasteiger partial charge in [0.25, 0.3) is 0 Å². The number of carbonyl (C=O) groups excluding carboxylic acids is 1. The fourth-order valence-electron chi connectivity index (χ4n) is 4.70. The molecule has 1 fully saturated rings. The van der Waals surface area contributed by atoms with E-state index < -0.39 is 16.6 Å². The molecule has 1 N–H and O–H groups in total. The SMILES string of the molecule is Cc1cnc(-c2cncc(C(O)(c3ccc(C(C)C)cc3)C3(C)CN(C(=O)OC(C)(C)C)C3)c2)o1. The van der Waals surface area contributed by atoms with Crippen molar-refractivity contribution in [3.63, 3.8) is 0 Å². The third-order valence-electron chi connectivity index (χ3n) is 6.62. The molecule has 1 aromatic carbocycles. The molecule has 7 heteroatoms. The average Bonchev–Trinajstić information content (AvgIpc) is 3.21. The van der Waals surface area contributed by atoms with Gasteiger partial charge >= 0.3 is 6.09 Å². The van der Waals surface area contributed by atoms with Crippen LogP contribution < -0.4 is 0 Å². The first-order chi connectivity index (χ1) is 16.3. The number of amides is 1. The Labute approximate surface area is 207 Å². The molecular weight excluding hydrogens is 442 g/mol. The minimum Gasteiger partial charge on any atom is -0.444 e. The number of oxazole rings is 1. The molecule has 186 valence electrons. The summed E-state index contributed by atoms with van der Waals surface area (Å²) in [5.74, 6) is 1.52. The maximum absolute atomic E-state index is 12.7. The summed E-state index contributed by atoms with van der Waals surface area (Å²) in [6.07, 6.45) is 4.63. The molecule has 0 radical (unpaired) electrons. The van der Waals surface area contributed by atoms with E-state index in [1.54, 1.807) is 23.5 Å². The monoisotopic (exact) mass is 477 g/mol. The molecule has 1 aliphatic rings. The first-order valence-corrected chi connectivity index (χ1v) is 12.0. The highest BCUT2D eigenvalue weighted by Crippen LogP contribution is 2.51. The highest BCUT2D eigenvalue weighted by atomic mass is 16.6. The van der Waals surface area contributed by atoms with Crippen LogP contribution in [-0.4, -0.2) is 44.8 Å². The molecule has 1 atom stereocenters. The van der Waals surface area contributed by atoms with E-state index in [1.807, 2.05) is 65.0 Å². The first kappa shape index (κ1) is 24.9. The lowest BCUT2D eigenvalue weighted by Gasteiger charge is -2.56. The second-order valence-electron chi connectivity index (χ2n) is 11.1. The summed E-state index contributed by atoms with van der Waals surface area (Å²) in [5, 5.41) is 12.5. The van der Waals surface area contributed by atoms with E-state index in [0.29, 0.717) is 41.8 Å².